The van der Waals surface area contributed by atoms with Gasteiger partial charge in [0.2, 0.25) is 5.91 Å². The molecule has 6 heteroatoms. The molecule has 1 N–H and O–H groups in total. The fraction of sp³-hybridized carbons (Fsp3) is 0.304. The number of hydrogen-bond acceptors (Lipinski definition) is 4. The zero-order valence-electron chi connectivity index (χ0n) is 17.6. The lowest BCUT2D eigenvalue weighted by Crippen LogP contribution is -2.15. The molecule has 1 heterocycles. The molecule has 0 aliphatic carbocycles. The van der Waals surface area contributed by atoms with Gasteiger partial charge in [-0.3, -0.25) is 4.79 Å². The van der Waals surface area contributed by atoms with Gasteiger partial charge in [-0.25, -0.2) is 4.68 Å². The van der Waals surface area contributed by atoms with Crippen molar-refractivity contribution >= 4 is 23.4 Å². The summed E-state index contributed by atoms with van der Waals surface area (Å²) in [6.07, 6.45) is 0. The third kappa shape index (κ3) is 5.01. The molecule has 1 aromatic heterocycles. The molecule has 0 fully saturated rings. The Morgan fingerprint density at radius 2 is 1.76 bits per heavy atom. The number of thioether (sulfide) groups is 1. The number of rotatable bonds is 7. The lowest BCUT2D eigenvalue weighted by atomic mass is 10.1. The second kappa shape index (κ2) is 9.18. The zero-order valence-corrected chi connectivity index (χ0v) is 18.4. The molecule has 1 amide bonds. The van der Waals surface area contributed by atoms with E-state index in [1.54, 1.807) is 18.9 Å². The average molecular weight is 410 g/mol. The lowest BCUT2D eigenvalue weighted by Gasteiger charge is -2.10. The van der Waals surface area contributed by atoms with E-state index < -0.39 is 0 Å². The molecule has 3 rings (SSSR count). The summed E-state index contributed by atoms with van der Waals surface area (Å²) in [7, 11) is 1.67. The normalized spacial score (nSPS) is 10.8. The van der Waals surface area contributed by atoms with Gasteiger partial charge < -0.3 is 10.1 Å². The van der Waals surface area contributed by atoms with Crippen molar-refractivity contribution in [3.63, 3.8) is 0 Å². The van der Waals surface area contributed by atoms with Gasteiger partial charge in [-0.2, -0.15) is 5.10 Å². The van der Waals surface area contributed by atoms with Crippen LogP contribution in [-0.2, 0) is 10.5 Å². The van der Waals surface area contributed by atoms with Crippen molar-refractivity contribution in [1.82, 2.24) is 9.78 Å². The number of amides is 1. The number of aromatic nitrogens is 2. The molecule has 0 radical (unpaired) electrons. The quantitative estimate of drug-likeness (QED) is 0.597. The minimum absolute atomic E-state index is 0.0312. The number of aryl methyl sites for hydroxylation is 3. The monoisotopic (exact) mass is 409 g/mol. The number of methoxy groups -OCH3 is 1. The number of hydrogen-bond donors (Lipinski definition) is 1. The summed E-state index contributed by atoms with van der Waals surface area (Å²) >= 11 is 1.57. The first-order chi connectivity index (χ1) is 13.9. The van der Waals surface area contributed by atoms with Crippen LogP contribution in [0.25, 0.3) is 5.69 Å². The number of ether oxygens (including phenoxy) is 1. The summed E-state index contributed by atoms with van der Waals surface area (Å²) in [5, 5.41) is 7.63. The van der Waals surface area contributed by atoms with E-state index in [1.807, 2.05) is 42.8 Å². The first-order valence-electron chi connectivity index (χ1n) is 9.53. The van der Waals surface area contributed by atoms with Crippen LogP contribution in [-0.4, -0.2) is 28.6 Å². The van der Waals surface area contributed by atoms with Gasteiger partial charge in [-0.15, -0.1) is 11.8 Å². The minimum Gasteiger partial charge on any atom is -0.496 e. The van der Waals surface area contributed by atoms with Gasteiger partial charge in [0.05, 0.1) is 35.6 Å². The van der Waals surface area contributed by atoms with Gasteiger partial charge in [0.25, 0.3) is 0 Å². The van der Waals surface area contributed by atoms with E-state index in [9.17, 15) is 4.79 Å². The van der Waals surface area contributed by atoms with Crippen molar-refractivity contribution < 1.29 is 9.53 Å². The molecular formula is C23H27N3O2S. The largest absolute Gasteiger partial charge is 0.496 e. The number of carbonyl (C=O) groups excluding carboxylic acids is 1. The van der Waals surface area contributed by atoms with Gasteiger partial charge in [0.15, 0.2) is 0 Å². The van der Waals surface area contributed by atoms with Crippen molar-refractivity contribution in [2.75, 3.05) is 18.2 Å². The highest BCUT2D eigenvalue weighted by molar-refractivity contribution is 7.99. The molecule has 0 spiro atoms. The molecule has 0 aliphatic rings. The molecule has 5 nitrogen and oxygen atoms in total. The second-order valence-electron chi connectivity index (χ2n) is 7.15. The molecular weight excluding hydrogens is 382 g/mol. The smallest absolute Gasteiger partial charge is 0.234 e. The van der Waals surface area contributed by atoms with Crippen LogP contribution in [0.1, 0.15) is 28.1 Å². The van der Waals surface area contributed by atoms with Gasteiger partial charge >= 0.3 is 0 Å². The van der Waals surface area contributed by atoms with Crippen molar-refractivity contribution in [3.05, 3.63) is 70.5 Å². The van der Waals surface area contributed by atoms with Crippen molar-refractivity contribution in [2.45, 2.75) is 33.4 Å². The fourth-order valence-electron chi connectivity index (χ4n) is 3.21. The summed E-state index contributed by atoms with van der Waals surface area (Å²) in [6.45, 7) is 8.00. The molecule has 0 saturated carbocycles. The Bertz CT molecular complexity index is 1010. The summed E-state index contributed by atoms with van der Waals surface area (Å²) in [5.41, 5.74) is 6.98. The lowest BCUT2D eigenvalue weighted by molar-refractivity contribution is -0.113. The highest BCUT2D eigenvalue weighted by Crippen LogP contribution is 2.26. The molecule has 0 unspecified atom stereocenters. The Kier molecular flexibility index (Phi) is 6.64. The first kappa shape index (κ1) is 21.0. The summed E-state index contributed by atoms with van der Waals surface area (Å²) < 4.78 is 7.28. The Hall–Kier alpha value is -2.73. The Labute approximate surface area is 176 Å². The van der Waals surface area contributed by atoms with Crippen LogP contribution in [0.4, 0.5) is 5.69 Å². The maximum Gasteiger partial charge on any atom is 0.234 e. The zero-order chi connectivity index (χ0) is 21.0. The molecule has 152 valence electrons. The molecule has 2 aromatic carbocycles. The van der Waals surface area contributed by atoms with E-state index in [4.69, 9.17) is 4.74 Å². The Balaban J connectivity index is 1.64. The molecule has 0 saturated heterocycles. The van der Waals surface area contributed by atoms with E-state index in [0.29, 0.717) is 5.75 Å². The van der Waals surface area contributed by atoms with Crippen molar-refractivity contribution in [3.8, 4) is 11.4 Å². The van der Waals surface area contributed by atoms with Crippen LogP contribution in [0.2, 0.25) is 0 Å². The van der Waals surface area contributed by atoms with Gasteiger partial charge in [0, 0.05) is 11.3 Å². The molecule has 0 aliphatic heterocycles. The predicted octanol–water partition coefficient (Wildman–Crippen LogP) is 4.99. The van der Waals surface area contributed by atoms with Crippen LogP contribution >= 0.6 is 11.8 Å². The first-order valence-corrected chi connectivity index (χ1v) is 10.7. The molecule has 0 atom stereocenters. The Morgan fingerprint density at radius 1 is 1.07 bits per heavy atom. The fourth-order valence-corrected chi connectivity index (χ4v) is 4.02. The SMILES string of the molecule is COc1ccc(C)cc1CSCC(=O)Nc1c(C)nn(-c2ccc(C)cc2)c1C. The summed E-state index contributed by atoms with van der Waals surface area (Å²) in [4.78, 5) is 12.5. The van der Waals surface area contributed by atoms with Gasteiger partial charge in [-0.1, -0.05) is 35.4 Å². The van der Waals surface area contributed by atoms with Crippen LogP contribution < -0.4 is 10.1 Å². The van der Waals surface area contributed by atoms with E-state index in [0.717, 1.165) is 39.8 Å². The predicted molar refractivity (Wildman–Crippen MR) is 120 cm³/mol. The van der Waals surface area contributed by atoms with Crippen LogP contribution in [0.3, 0.4) is 0 Å². The van der Waals surface area contributed by atoms with Gasteiger partial charge in [0.1, 0.15) is 5.75 Å². The summed E-state index contributed by atoms with van der Waals surface area (Å²) in [6, 6.07) is 14.3. The van der Waals surface area contributed by atoms with E-state index >= 15 is 0 Å². The van der Waals surface area contributed by atoms with Crippen molar-refractivity contribution in [1.29, 1.82) is 0 Å². The Morgan fingerprint density at radius 3 is 2.45 bits per heavy atom. The third-order valence-electron chi connectivity index (χ3n) is 4.76. The maximum atomic E-state index is 12.5. The van der Waals surface area contributed by atoms with E-state index in [-0.39, 0.29) is 5.91 Å². The standard InChI is InChI=1S/C23H27N3O2S/c1-15-6-9-20(10-7-15)26-18(4)23(17(3)25-26)24-22(27)14-29-13-19-12-16(2)8-11-21(19)28-5/h6-12H,13-14H2,1-5H3,(H,24,27). The average Bonchev–Trinajstić information content (AvgIpc) is 2.97. The van der Waals surface area contributed by atoms with Crippen LogP contribution in [0, 0.1) is 27.7 Å². The number of benzene rings is 2. The number of nitrogens with one attached hydrogen (secondary N) is 1. The number of anilines is 1. The van der Waals surface area contributed by atoms with E-state index in [2.05, 4.69) is 42.5 Å². The van der Waals surface area contributed by atoms with Crippen LogP contribution in [0.15, 0.2) is 42.5 Å². The van der Waals surface area contributed by atoms with E-state index in [1.165, 1.54) is 11.1 Å². The minimum atomic E-state index is -0.0312. The highest BCUT2D eigenvalue weighted by Gasteiger charge is 2.15. The third-order valence-corrected chi connectivity index (χ3v) is 5.74. The van der Waals surface area contributed by atoms with Crippen molar-refractivity contribution in [2.24, 2.45) is 0 Å². The molecule has 0 bridgehead atoms. The second-order valence-corrected chi connectivity index (χ2v) is 8.14. The number of carbonyl (C=O) groups is 1. The summed E-state index contributed by atoms with van der Waals surface area (Å²) in [5.74, 6) is 1.91. The topological polar surface area (TPSA) is 56.1 Å². The molecule has 3 aromatic rings. The highest BCUT2D eigenvalue weighted by atomic mass is 32.2. The van der Waals surface area contributed by atoms with Gasteiger partial charge in [-0.05, 0) is 45.9 Å². The number of nitrogens with zero attached hydrogens (tertiary/aromatic N) is 2. The molecule has 29 heavy (non-hydrogen) atoms. The van der Waals surface area contributed by atoms with Crippen LogP contribution in [0.5, 0.6) is 5.75 Å². The maximum absolute atomic E-state index is 12.5.